The average Bonchev–Trinajstić information content (AvgIpc) is 3.28. The number of anilines is 1. The predicted molar refractivity (Wildman–Crippen MR) is 113 cm³/mol. The van der Waals surface area contributed by atoms with Crippen molar-refractivity contribution in [1.29, 1.82) is 0 Å². The Bertz CT molecular complexity index is 731. The summed E-state index contributed by atoms with van der Waals surface area (Å²) in [6.45, 7) is 7.27. The van der Waals surface area contributed by atoms with Gasteiger partial charge in [-0.05, 0) is 37.6 Å². The molecule has 1 N–H and O–H groups in total. The third kappa shape index (κ3) is 5.29. The SMILES string of the molecule is O=C(c1ccc(Cl)c(N2C=CCNC2)c1)N1CCN(CCCC2OCCO2)CC1. The molecule has 0 atom stereocenters. The zero-order chi connectivity index (χ0) is 20.1. The molecule has 1 aromatic carbocycles. The summed E-state index contributed by atoms with van der Waals surface area (Å²) in [6.07, 6.45) is 6.01. The molecule has 0 bridgehead atoms. The van der Waals surface area contributed by atoms with Crippen LogP contribution in [0.2, 0.25) is 5.02 Å². The fourth-order valence-corrected chi connectivity index (χ4v) is 4.17. The minimum atomic E-state index is -0.0260. The molecule has 7 nitrogen and oxygen atoms in total. The van der Waals surface area contributed by atoms with E-state index in [9.17, 15) is 4.79 Å². The average molecular weight is 421 g/mol. The van der Waals surface area contributed by atoms with Crippen LogP contribution in [0.25, 0.3) is 0 Å². The van der Waals surface area contributed by atoms with Gasteiger partial charge in [-0.3, -0.25) is 15.0 Å². The van der Waals surface area contributed by atoms with Crippen LogP contribution in [0.15, 0.2) is 30.5 Å². The molecule has 1 amide bonds. The van der Waals surface area contributed by atoms with Crippen LogP contribution in [-0.2, 0) is 9.47 Å². The van der Waals surface area contributed by atoms with Gasteiger partial charge in [0.1, 0.15) is 0 Å². The Labute approximate surface area is 177 Å². The maximum absolute atomic E-state index is 13.0. The van der Waals surface area contributed by atoms with E-state index in [1.165, 1.54) is 0 Å². The second-order valence-electron chi connectivity index (χ2n) is 7.58. The summed E-state index contributed by atoms with van der Waals surface area (Å²) in [5.74, 6) is 0.0734. The Kier molecular flexibility index (Phi) is 7.05. The van der Waals surface area contributed by atoms with E-state index < -0.39 is 0 Å². The van der Waals surface area contributed by atoms with E-state index in [2.05, 4.69) is 10.2 Å². The number of amides is 1. The van der Waals surface area contributed by atoms with Crippen LogP contribution in [-0.4, -0.2) is 81.1 Å². The number of halogens is 1. The number of hydrogen-bond donors (Lipinski definition) is 1. The molecule has 3 aliphatic heterocycles. The molecule has 29 heavy (non-hydrogen) atoms. The molecule has 3 heterocycles. The predicted octanol–water partition coefficient (Wildman–Crippen LogP) is 2.13. The standard InChI is InChI=1S/C21H29ClN4O3/c22-18-5-4-17(15-19(18)26-8-2-6-23-16-26)21(27)25-11-9-24(10-12-25)7-1-3-20-28-13-14-29-20/h2,4-5,8,15,20,23H,1,3,6-7,9-14,16H2. The van der Waals surface area contributed by atoms with Gasteiger partial charge < -0.3 is 19.3 Å². The maximum Gasteiger partial charge on any atom is 0.254 e. The Hall–Kier alpha value is -1.64. The van der Waals surface area contributed by atoms with Gasteiger partial charge >= 0.3 is 0 Å². The first-order valence-electron chi connectivity index (χ1n) is 10.4. The highest BCUT2D eigenvalue weighted by molar-refractivity contribution is 6.33. The highest BCUT2D eigenvalue weighted by atomic mass is 35.5. The topological polar surface area (TPSA) is 57.3 Å². The van der Waals surface area contributed by atoms with Crippen LogP contribution < -0.4 is 10.2 Å². The van der Waals surface area contributed by atoms with Crippen LogP contribution in [0.1, 0.15) is 23.2 Å². The summed E-state index contributed by atoms with van der Waals surface area (Å²) in [6, 6.07) is 5.54. The number of hydrogen-bond acceptors (Lipinski definition) is 6. The van der Waals surface area contributed by atoms with Crippen LogP contribution in [0.4, 0.5) is 5.69 Å². The highest BCUT2D eigenvalue weighted by Gasteiger charge is 2.24. The van der Waals surface area contributed by atoms with Crippen molar-refractivity contribution in [2.45, 2.75) is 19.1 Å². The van der Waals surface area contributed by atoms with Crippen LogP contribution >= 0.6 is 11.6 Å². The van der Waals surface area contributed by atoms with Crippen molar-refractivity contribution < 1.29 is 14.3 Å². The molecule has 1 aromatic rings. The fourth-order valence-electron chi connectivity index (χ4n) is 3.94. The van der Waals surface area contributed by atoms with Crippen molar-refractivity contribution >= 4 is 23.2 Å². The molecule has 2 saturated heterocycles. The Morgan fingerprint density at radius 1 is 1.17 bits per heavy atom. The van der Waals surface area contributed by atoms with E-state index in [4.69, 9.17) is 21.1 Å². The van der Waals surface area contributed by atoms with E-state index in [0.29, 0.717) is 30.5 Å². The molecule has 0 unspecified atom stereocenters. The third-order valence-corrected chi connectivity index (χ3v) is 5.92. The van der Waals surface area contributed by atoms with Gasteiger partial charge in [-0.15, -0.1) is 0 Å². The number of nitrogens with zero attached hydrogens (tertiary/aromatic N) is 3. The third-order valence-electron chi connectivity index (χ3n) is 5.60. The van der Waals surface area contributed by atoms with Gasteiger partial charge in [0.25, 0.3) is 5.91 Å². The van der Waals surface area contributed by atoms with Crippen LogP contribution in [0.3, 0.4) is 0 Å². The number of carbonyl (C=O) groups excluding carboxylic acids is 1. The Morgan fingerprint density at radius 3 is 2.69 bits per heavy atom. The summed E-state index contributed by atoms with van der Waals surface area (Å²) in [7, 11) is 0. The maximum atomic E-state index is 13.0. The highest BCUT2D eigenvalue weighted by Crippen LogP contribution is 2.28. The molecule has 2 fully saturated rings. The molecule has 0 aliphatic carbocycles. The zero-order valence-electron chi connectivity index (χ0n) is 16.7. The van der Waals surface area contributed by atoms with Crippen molar-refractivity contribution in [3.05, 3.63) is 41.1 Å². The van der Waals surface area contributed by atoms with Gasteiger partial charge in [0.2, 0.25) is 0 Å². The van der Waals surface area contributed by atoms with E-state index >= 15 is 0 Å². The first kappa shape index (κ1) is 20.6. The van der Waals surface area contributed by atoms with Gasteiger partial charge in [-0.2, -0.15) is 0 Å². The molecule has 3 aliphatic rings. The van der Waals surface area contributed by atoms with Crippen molar-refractivity contribution in [3.8, 4) is 0 Å². The zero-order valence-corrected chi connectivity index (χ0v) is 17.4. The molecule has 0 saturated carbocycles. The number of nitrogens with one attached hydrogen (secondary N) is 1. The molecule has 0 radical (unpaired) electrons. The van der Waals surface area contributed by atoms with E-state index in [1.807, 2.05) is 40.3 Å². The van der Waals surface area contributed by atoms with Crippen molar-refractivity contribution in [2.75, 3.05) is 64.1 Å². The van der Waals surface area contributed by atoms with E-state index in [-0.39, 0.29) is 12.2 Å². The lowest BCUT2D eigenvalue weighted by Crippen LogP contribution is -2.48. The van der Waals surface area contributed by atoms with Gasteiger partial charge in [-0.1, -0.05) is 17.7 Å². The van der Waals surface area contributed by atoms with E-state index in [0.717, 1.165) is 57.8 Å². The summed E-state index contributed by atoms with van der Waals surface area (Å²) in [4.78, 5) is 19.4. The van der Waals surface area contributed by atoms with Crippen molar-refractivity contribution in [2.24, 2.45) is 0 Å². The molecule has 158 valence electrons. The van der Waals surface area contributed by atoms with E-state index in [1.54, 1.807) is 0 Å². The van der Waals surface area contributed by atoms with Gasteiger partial charge in [-0.25, -0.2) is 0 Å². The molecular formula is C21H29ClN4O3. The summed E-state index contributed by atoms with van der Waals surface area (Å²) < 4.78 is 11.0. The molecule has 0 aromatic heterocycles. The first-order chi connectivity index (χ1) is 14.2. The Morgan fingerprint density at radius 2 is 1.97 bits per heavy atom. The largest absolute Gasteiger partial charge is 0.350 e. The molecule has 4 rings (SSSR count). The normalized spacial score (nSPS) is 21.1. The smallest absolute Gasteiger partial charge is 0.254 e. The Balaban J connectivity index is 1.29. The monoisotopic (exact) mass is 420 g/mol. The molecule has 0 spiro atoms. The van der Waals surface area contributed by atoms with Crippen molar-refractivity contribution in [3.63, 3.8) is 0 Å². The van der Waals surface area contributed by atoms with Gasteiger partial charge in [0.05, 0.1) is 30.6 Å². The summed E-state index contributed by atoms with van der Waals surface area (Å²) in [5.41, 5.74) is 1.54. The summed E-state index contributed by atoms with van der Waals surface area (Å²) >= 11 is 6.38. The second-order valence-corrected chi connectivity index (χ2v) is 7.99. The number of piperazine rings is 1. The fraction of sp³-hybridized carbons (Fsp3) is 0.571. The molecule has 8 heteroatoms. The lowest BCUT2D eigenvalue weighted by atomic mass is 10.1. The first-order valence-corrected chi connectivity index (χ1v) is 10.8. The van der Waals surface area contributed by atoms with Crippen LogP contribution in [0.5, 0.6) is 0 Å². The molecular weight excluding hydrogens is 392 g/mol. The number of benzene rings is 1. The second kappa shape index (κ2) is 9.91. The lowest BCUT2D eigenvalue weighted by molar-refractivity contribution is -0.0491. The number of rotatable bonds is 6. The number of ether oxygens (including phenoxy) is 2. The summed E-state index contributed by atoms with van der Waals surface area (Å²) in [5, 5.41) is 3.92. The van der Waals surface area contributed by atoms with Crippen molar-refractivity contribution in [1.82, 2.24) is 15.1 Å². The van der Waals surface area contributed by atoms with Crippen LogP contribution in [0, 0.1) is 0 Å². The minimum Gasteiger partial charge on any atom is -0.350 e. The van der Waals surface area contributed by atoms with Gasteiger partial charge in [0.15, 0.2) is 6.29 Å². The van der Waals surface area contributed by atoms with Gasteiger partial charge in [0, 0.05) is 44.5 Å². The number of carbonyl (C=O) groups is 1. The lowest BCUT2D eigenvalue weighted by Gasteiger charge is -2.35. The minimum absolute atomic E-state index is 0.0260. The quantitative estimate of drug-likeness (QED) is 0.760.